The second-order valence-electron chi connectivity index (χ2n) is 7.38. The van der Waals surface area contributed by atoms with Crippen LogP contribution in [0.25, 0.3) is 0 Å². The van der Waals surface area contributed by atoms with Crippen LogP contribution in [-0.2, 0) is 0 Å². The monoisotopic (exact) mass is 251 g/mol. The second kappa shape index (κ2) is 7.13. The molecule has 0 bridgehead atoms. The van der Waals surface area contributed by atoms with Crippen LogP contribution in [0.15, 0.2) is 23.8 Å². The molecule has 1 nitrogen and oxygen atoms in total. The molecule has 0 saturated heterocycles. The van der Waals surface area contributed by atoms with Crippen LogP contribution in [0.4, 0.5) is 0 Å². The van der Waals surface area contributed by atoms with Gasteiger partial charge in [-0.1, -0.05) is 59.8 Å². The van der Waals surface area contributed by atoms with Crippen LogP contribution >= 0.6 is 0 Å². The van der Waals surface area contributed by atoms with Gasteiger partial charge < -0.3 is 5.32 Å². The minimum atomic E-state index is 0.240. The Kier molecular flexibility index (Phi) is 6.91. The Morgan fingerprint density at radius 2 is 1.67 bits per heavy atom. The molecule has 0 aliphatic rings. The highest BCUT2D eigenvalue weighted by atomic mass is 14.9. The van der Waals surface area contributed by atoms with Crippen molar-refractivity contribution in [3.05, 3.63) is 23.8 Å². The molecule has 1 heteroatoms. The third-order valence-electron chi connectivity index (χ3n) is 3.16. The Labute approximate surface area is 115 Å². The van der Waals surface area contributed by atoms with E-state index < -0.39 is 0 Å². The first-order valence-electron chi connectivity index (χ1n) is 7.11. The van der Waals surface area contributed by atoms with Gasteiger partial charge in [-0.05, 0) is 43.2 Å². The van der Waals surface area contributed by atoms with Gasteiger partial charge in [-0.25, -0.2) is 0 Å². The van der Waals surface area contributed by atoms with Gasteiger partial charge in [0.05, 0.1) is 0 Å². The van der Waals surface area contributed by atoms with Crippen molar-refractivity contribution in [3.8, 4) is 0 Å². The smallest absolute Gasteiger partial charge is 0.0104 e. The fourth-order valence-electron chi connectivity index (χ4n) is 2.18. The standard InChI is InChI=1S/C17H33N/c1-9-14(17(5,6)7)11-10-12-15(18-8)13-16(2,3)4/h9-11,15,18H,12-13H2,1-8H3/b11-10-,14-9+. The molecular formula is C17H33N. The van der Waals surface area contributed by atoms with Gasteiger partial charge >= 0.3 is 0 Å². The van der Waals surface area contributed by atoms with Crippen molar-refractivity contribution in [2.45, 2.75) is 67.3 Å². The van der Waals surface area contributed by atoms with Gasteiger partial charge in [-0.3, -0.25) is 0 Å². The van der Waals surface area contributed by atoms with Gasteiger partial charge in [0.15, 0.2) is 0 Å². The zero-order valence-electron chi connectivity index (χ0n) is 13.7. The summed E-state index contributed by atoms with van der Waals surface area (Å²) in [5.74, 6) is 0. The molecule has 106 valence electrons. The summed E-state index contributed by atoms with van der Waals surface area (Å²) in [5.41, 5.74) is 2.03. The predicted octanol–water partition coefficient (Wildman–Crippen LogP) is 4.95. The molecule has 0 rings (SSSR count). The average Bonchev–Trinajstić information content (AvgIpc) is 2.19. The van der Waals surface area contributed by atoms with Crippen LogP contribution in [0.3, 0.4) is 0 Å². The summed E-state index contributed by atoms with van der Waals surface area (Å²) in [6, 6.07) is 0.569. The molecule has 0 radical (unpaired) electrons. The van der Waals surface area contributed by atoms with Crippen LogP contribution < -0.4 is 5.32 Å². The van der Waals surface area contributed by atoms with Gasteiger partial charge in [0, 0.05) is 6.04 Å². The largest absolute Gasteiger partial charge is 0.317 e. The number of hydrogen-bond acceptors (Lipinski definition) is 1. The van der Waals surface area contributed by atoms with Gasteiger partial charge in [0.25, 0.3) is 0 Å². The first-order chi connectivity index (χ1) is 8.10. The highest BCUT2D eigenvalue weighted by molar-refractivity contribution is 5.24. The van der Waals surface area contributed by atoms with Crippen molar-refractivity contribution in [2.24, 2.45) is 10.8 Å². The van der Waals surface area contributed by atoms with E-state index >= 15 is 0 Å². The second-order valence-corrected chi connectivity index (χ2v) is 7.38. The van der Waals surface area contributed by atoms with Crippen LogP contribution in [0.1, 0.15) is 61.3 Å². The Morgan fingerprint density at radius 1 is 1.11 bits per heavy atom. The maximum Gasteiger partial charge on any atom is 0.0104 e. The van der Waals surface area contributed by atoms with Crippen molar-refractivity contribution in [1.82, 2.24) is 5.32 Å². The van der Waals surface area contributed by atoms with Gasteiger partial charge in [0.2, 0.25) is 0 Å². The lowest BCUT2D eigenvalue weighted by molar-refractivity contribution is 0.318. The first-order valence-corrected chi connectivity index (χ1v) is 7.11. The number of nitrogens with one attached hydrogen (secondary N) is 1. The summed E-state index contributed by atoms with van der Waals surface area (Å²) in [6.07, 6.45) is 9.12. The normalized spacial score (nSPS) is 16.3. The molecule has 0 aliphatic carbocycles. The Morgan fingerprint density at radius 3 is 2.00 bits per heavy atom. The molecule has 1 unspecified atom stereocenters. The molecule has 1 N–H and O–H groups in total. The molecular weight excluding hydrogens is 218 g/mol. The lowest BCUT2D eigenvalue weighted by Crippen LogP contribution is -2.29. The maximum absolute atomic E-state index is 3.42. The molecule has 0 aromatic rings. The van der Waals surface area contributed by atoms with Crippen LogP contribution in [0.5, 0.6) is 0 Å². The molecule has 0 heterocycles. The Balaban J connectivity index is 4.45. The molecule has 0 fully saturated rings. The zero-order valence-corrected chi connectivity index (χ0v) is 13.7. The van der Waals surface area contributed by atoms with Gasteiger partial charge in [-0.2, -0.15) is 0 Å². The molecule has 0 spiro atoms. The Bertz CT molecular complexity index is 284. The number of hydrogen-bond donors (Lipinski definition) is 1. The van der Waals surface area contributed by atoms with E-state index in [1.54, 1.807) is 0 Å². The van der Waals surface area contributed by atoms with E-state index in [1.807, 2.05) is 0 Å². The summed E-state index contributed by atoms with van der Waals surface area (Å²) in [5, 5.41) is 3.42. The van der Waals surface area contributed by atoms with E-state index in [2.05, 4.69) is 79.1 Å². The lowest BCUT2D eigenvalue weighted by Gasteiger charge is -2.25. The molecule has 0 amide bonds. The summed E-state index contributed by atoms with van der Waals surface area (Å²) in [6.45, 7) is 15.8. The van der Waals surface area contributed by atoms with E-state index in [9.17, 15) is 0 Å². The molecule has 0 saturated carbocycles. The summed E-state index contributed by atoms with van der Waals surface area (Å²) in [4.78, 5) is 0. The van der Waals surface area contributed by atoms with Crippen molar-refractivity contribution < 1.29 is 0 Å². The van der Waals surface area contributed by atoms with Crippen molar-refractivity contribution in [2.75, 3.05) is 7.05 Å². The molecule has 1 atom stereocenters. The topological polar surface area (TPSA) is 12.0 Å². The van der Waals surface area contributed by atoms with Crippen LogP contribution in [0.2, 0.25) is 0 Å². The minimum absolute atomic E-state index is 0.240. The van der Waals surface area contributed by atoms with E-state index in [0.29, 0.717) is 11.5 Å². The summed E-state index contributed by atoms with van der Waals surface area (Å²) < 4.78 is 0. The molecule has 0 aliphatic heterocycles. The fraction of sp³-hybridized carbons (Fsp3) is 0.765. The third kappa shape index (κ3) is 7.71. The van der Waals surface area contributed by atoms with E-state index in [0.717, 1.165) is 6.42 Å². The van der Waals surface area contributed by atoms with Crippen molar-refractivity contribution in [3.63, 3.8) is 0 Å². The van der Waals surface area contributed by atoms with E-state index in [4.69, 9.17) is 0 Å². The van der Waals surface area contributed by atoms with Crippen molar-refractivity contribution in [1.29, 1.82) is 0 Å². The lowest BCUT2D eigenvalue weighted by atomic mass is 9.85. The predicted molar refractivity (Wildman–Crippen MR) is 83.9 cm³/mol. The van der Waals surface area contributed by atoms with E-state index in [1.165, 1.54) is 12.0 Å². The first kappa shape index (κ1) is 17.4. The molecule has 0 aromatic heterocycles. The van der Waals surface area contributed by atoms with Crippen molar-refractivity contribution >= 4 is 0 Å². The van der Waals surface area contributed by atoms with E-state index in [-0.39, 0.29) is 5.41 Å². The van der Waals surface area contributed by atoms with Gasteiger partial charge in [0.1, 0.15) is 0 Å². The zero-order chi connectivity index (χ0) is 14.4. The number of allylic oxidation sites excluding steroid dienone is 3. The van der Waals surface area contributed by atoms with Gasteiger partial charge in [-0.15, -0.1) is 0 Å². The highest BCUT2D eigenvalue weighted by Gasteiger charge is 2.17. The highest BCUT2D eigenvalue weighted by Crippen LogP contribution is 2.27. The molecule has 18 heavy (non-hydrogen) atoms. The van der Waals surface area contributed by atoms with Crippen LogP contribution in [0, 0.1) is 10.8 Å². The third-order valence-corrected chi connectivity index (χ3v) is 3.16. The maximum atomic E-state index is 3.42. The fourth-order valence-corrected chi connectivity index (χ4v) is 2.18. The SMILES string of the molecule is C/C=C(\C=C/CC(CC(C)(C)C)NC)C(C)(C)C. The quantitative estimate of drug-likeness (QED) is 0.682. The molecule has 0 aromatic carbocycles. The van der Waals surface area contributed by atoms with Crippen LogP contribution in [-0.4, -0.2) is 13.1 Å². The Hall–Kier alpha value is -0.560. The summed E-state index contributed by atoms with van der Waals surface area (Å²) in [7, 11) is 2.06. The average molecular weight is 251 g/mol. The summed E-state index contributed by atoms with van der Waals surface area (Å²) >= 11 is 0. The number of rotatable bonds is 5. The minimum Gasteiger partial charge on any atom is -0.317 e.